The number of hydrogen-bond donors (Lipinski definition) is 2. The second-order valence-electron chi connectivity index (χ2n) is 7.79. The maximum absolute atomic E-state index is 15.0. The molecular weight excluding hydrogens is 446 g/mol. The summed E-state index contributed by atoms with van der Waals surface area (Å²) in [5.41, 5.74) is 2.07. The van der Waals surface area contributed by atoms with E-state index in [2.05, 4.69) is 31.0 Å². The predicted molar refractivity (Wildman–Crippen MR) is 116 cm³/mol. The minimum absolute atomic E-state index is 0.0958. The number of nitrogens with zero attached hydrogens (tertiary/aromatic N) is 6. The van der Waals surface area contributed by atoms with E-state index in [0.717, 1.165) is 23.4 Å². The predicted octanol–water partition coefficient (Wildman–Crippen LogP) is 2.66. The number of aromatic nitrogens is 6. The molecule has 0 radical (unpaired) electrons. The Bertz CT molecular complexity index is 1240. The number of benzene rings is 2. The number of aromatic amines is 1. The molecule has 1 atom stereocenters. The second kappa shape index (κ2) is 9.35. The summed E-state index contributed by atoms with van der Waals surface area (Å²) < 4.78 is 36.8. The zero-order valence-corrected chi connectivity index (χ0v) is 17.9. The van der Waals surface area contributed by atoms with Crippen molar-refractivity contribution in [3.63, 3.8) is 0 Å². The lowest BCUT2D eigenvalue weighted by Gasteiger charge is -2.15. The van der Waals surface area contributed by atoms with Gasteiger partial charge in [0.05, 0.1) is 42.4 Å². The van der Waals surface area contributed by atoms with Gasteiger partial charge in [0.2, 0.25) is 0 Å². The molecule has 1 fully saturated rings. The van der Waals surface area contributed by atoms with Gasteiger partial charge in [-0.05, 0) is 23.3 Å². The monoisotopic (exact) mass is 466 g/mol. The minimum atomic E-state index is -0.764. The van der Waals surface area contributed by atoms with E-state index in [-0.39, 0.29) is 17.8 Å². The molecule has 0 saturated carbocycles. The first-order valence-corrected chi connectivity index (χ1v) is 10.5. The van der Waals surface area contributed by atoms with Gasteiger partial charge in [-0.3, -0.25) is 4.90 Å². The Hall–Kier alpha value is -4.19. The molecule has 1 saturated heterocycles. The summed E-state index contributed by atoms with van der Waals surface area (Å²) in [6.07, 6.45) is 3.61. The van der Waals surface area contributed by atoms with E-state index in [9.17, 15) is 13.6 Å². The third kappa shape index (κ3) is 4.62. The quantitative estimate of drug-likeness (QED) is 0.410. The fourth-order valence-corrected chi connectivity index (χ4v) is 3.79. The van der Waals surface area contributed by atoms with Gasteiger partial charge in [-0.2, -0.15) is 15.4 Å². The maximum Gasteiger partial charge on any atom is 0.414 e. The van der Waals surface area contributed by atoms with Gasteiger partial charge in [-0.15, -0.1) is 5.10 Å². The fourth-order valence-electron chi connectivity index (χ4n) is 3.79. The van der Waals surface area contributed by atoms with Crippen LogP contribution >= 0.6 is 0 Å². The molecule has 4 aromatic rings. The van der Waals surface area contributed by atoms with Crippen LogP contribution in [0.3, 0.4) is 0 Å². The molecular formula is C22H20F2N8O2. The topological polar surface area (TPSA) is 114 Å². The SMILES string of the molecule is O=C1OC(Cn2ccnn2)CN1c1cc(F)c(-c2ccc(CNCc3cn[nH]n3)cc2)c(F)c1. The van der Waals surface area contributed by atoms with Crippen LogP contribution in [0.1, 0.15) is 11.3 Å². The summed E-state index contributed by atoms with van der Waals surface area (Å²) in [4.78, 5) is 13.5. The number of rotatable bonds is 8. The van der Waals surface area contributed by atoms with Gasteiger partial charge in [0, 0.05) is 19.3 Å². The van der Waals surface area contributed by atoms with Crippen molar-refractivity contribution in [3.05, 3.63) is 77.9 Å². The summed E-state index contributed by atoms with van der Waals surface area (Å²) in [5, 5.41) is 21.0. The molecule has 5 rings (SSSR count). The summed E-state index contributed by atoms with van der Waals surface area (Å²) in [5.74, 6) is -1.53. The molecule has 3 heterocycles. The number of carbonyl (C=O) groups excluding carboxylic acids is 1. The second-order valence-corrected chi connectivity index (χ2v) is 7.79. The van der Waals surface area contributed by atoms with Crippen LogP contribution in [0.2, 0.25) is 0 Å². The molecule has 2 aromatic carbocycles. The Morgan fingerprint density at radius 1 is 1.15 bits per heavy atom. The molecule has 0 spiro atoms. The number of cyclic esters (lactones) is 1. The first kappa shape index (κ1) is 21.6. The fraction of sp³-hybridized carbons (Fsp3) is 0.227. The number of hydrogen-bond acceptors (Lipinski definition) is 7. The average Bonchev–Trinajstić information content (AvgIpc) is 3.58. The van der Waals surface area contributed by atoms with Crippen LogP contribution in [0.15, 0.2) is 55.0 Å². The van der Waals surface area contributed by atoms with Gasteiger partial charge in [-0.1, -0.05) is 29.5 Å². The zero-order valence-electron chi connectivity index (χ0n) is 17.9. The van der Waals surface area contributed by atoms with Crippen molar-refractivity contribution in [3.8, 4) is 11.1 Å². The first-order chi connectivity index (χ1) is 16.6. The highest BCUT2D eigenvalue weighted by Gasteiger charge is 2.33. The van der Waals surface area contributed by atoms with Crippen LogP contribution in [0, 0.1) is 11.6 Å². The third-order valence-corrected chi connectivity index (χ3v) is 5.42. The van der Waals surface area contributed by atoms with Gasteiger partial charge >= 0.3 is 6.09 Å². The molecule has 0 aliphatic carbocycles. The molecule has 12 heteroatoms. The largest absolute Gasteiger partial charge is 0.442 e. The number of H-pyrrole nitrogens is 1. The van der Waals surface area contributed by atoms with Crippen LogP contribution in [0.4, 0.5) is 19.3 Å². The number of halogens is 2. The van der Waals surface area contributed by atoms with E-state index in [1.165, 1.54) is 15.8 Å². The summed E-state index contributed by atoms with van der Waals surface area (Å²) >= 11 is 0. The van der Waals surface area contributed by atoms with Gasteiger partial charge in [0.1, 0.15) is 17.7 Å². The Labute approximate surface area is 192 Å². The Morgan fingerprint density at radius 3 is 2.62 bits per heavy atom. The van der Waals surface area contributed by atoms with Crippen LogP contribution in [-0.2, 0) is 24.4 Å². The normalized spacial score (nSPS) is 15.6. The van der Waals surface area contributed by atoms with Gasteiger partial charge in [0.25, 0.3) is 0 Å². The number of amides is 1. The lowest BCUT2D eigenvalue weighted by atomic mass is 10.0. The molecule has 2 aromatic heterocycles. The van der Waals surface area contributed by atoms with Crippen molar-refractivity contribution in [2.24, 2.45) is 0 Å². The van der Waals surface area contributed by atoms with E-state index in [0.29, 0.717) is 25.2 Å². The number of ether oxygens (including phenoxy) is 1. The van der Waals surface area contributed by atoms with Crippen LogP contribution in [-0.4, -0.2) is 49.1 Å². The molecule has 2 N–H and O–H groups in total. The van der Waals surface area contributed by atoms with Crippen molar-refractivity contribution < 1.29 is 18.3 Å². The van der Waals surface area contributed by atoms with Crippen molar-refractivity contribution in [2.45, 2.75) is 25.7 Å². The third-order valence-electron chi connectivity index (χ3n) is 5.42. The highest BCUT2D eigenvalue weighted by atomic mass is 19.1. The van der Waals surface area contributed by atoms with Gasteiger partial charge in [-0.25, -0.2) is 18.3 Å². The number of anilines is 1. The highest BCUT2D eigenvalue weighted by Crippen LogP contribution is 2.32. The lowest BCUT2D eigenvalue weighted by Crippen LogP contribution is -2.26. The highest BCUT2D eigenvalue weighted by molar-refractivity contribution is 5.90. The molecule has 1 amide bonds. The van der Waals surface area contributed by atoms with E-state index in [4.69, 9.17) is 4.74 Å². The molecule has 0 bridgehead atoms. The standard InChI is InChI=1S/C22H20F2N8O2/c23-19-7-17(32-13-18(34-22(32)33)12-31-6-5-26-30-31)8-20(24)21(19)15-3-1-14(2-4-15)9-25-10-16-11-27-29-28-16/h1-8,11,18,25H,9-10,12-13H2,(H,27,28,29). The molecule has 10 nitrogen and oxygen atoms in total. The summed E-state index contributed by atoms with van der Waals surface area (Å²) in [7, 11) is 0. The Morgan fingerprint density at radius 2 is 1.94 bits per heavy atom. The van der Waals surface area contributed by atoms with E-state index >= 15 is 0 Å². The van der Waals surface area contributed by atoms with E-state index < -0.39 is 23.8 Å². The summed E-state index contributed by atoms with van der Waals surface area (Å²) in [6.45, 7) is 1.55. The van der Waals surface area contributed by atoms with Crippen molar-refractivity contribution >= 4 is 11.8 Å². The Kier molecular flexibility index (Phi) is 5.95. The van der Waals surface area contributed by atoms with Crippen LogP contribution in [0.25, 0.3) is 11.1 Å². The lowest BCUT2D eigenvalue weighted by molar-refractivity contribution is 0.129. The average molecular weight is 466 g/mol. The molecule has 1 unspecified atom stereocenters. The molecule has 174 valence electrons. The van der Waals surface area contributed by atoms with Crippen molar-refractivity contribution in [2.75, 3.05) is 11.4 Å². The van der Waals surface area contributed by atoms with Crippen molar-refractivity contribution in [1.82, 2.24) is 35.7 Å². The van der Waals surface area contributed by atoms with Gasteiger partial charge < -0.3 is 10.1 Å². The van der Waals surface area contributed by atoms with Crippen LogP contribution in [0.5, 0.6) is 0 Å². The van der Waals surface area contributed by atoms with Crippen molar-refractivity contribution in [1.29, 1.82) is 0 Å². The number of nitrogens with one attached hydrogen (secondary N) is 2. The minimum Gasteiger partial charge on any atom is -0.442 e. The van der Waals surface area contributed by atoms with E-state index in [1.807, 2.05) is 0 Å². The van der Waals surface area contributed by atoms with Gasteiger partial charge in [0.15, 0.2) is 0 Å². The number of carbonyl (C=O) groups is 1. The molecule has 1 aliphatic rings. The van der Waals surface area contributed by atoms with Crippen LogP contribution < -0.4 is 10.2 Å². The molecule has 1 aliphatic heterocycles. The Balaban J connectivity index is 1.27. The summed E-state index contributed by atoms with van der Waals surface area (Å²) in [6, 6.07) is 9.20. The smallest absolute Gasteiger partial charge is 0.414 e. The molecule has 34 heavy (non-hydrogen) atoms. The van der Waals surface area contributed by atoms with E-state index in [1.54, 1.807) is 36.7 Å². The maximum atomic E-state index is 15.0. The zero-order chi connectivity index (χ0) is 23.5. The first-order valence-electron chi connectivity index (χ1n) is 10.5.